The van der Waals surface area contributed by atoms with E-state index in [1.165, 1.54) is 11.8 Å². The van der Waals surface area contributed by atoms with Crippen LogP contribution in [0.15, 0.2) is 27.6 Å². The van der Waals surface area contributed by atoms with E-state index in [4.69, 9.17) is 10.5 Å². The number of halogens is 1. The van der Waals surface area contributed by atoms with Gasteiger partial charge in [0.15, 0.2) is 0 Å². The minimum atomic E-state index is -1.14. The zero-order valence-corrected chi connectivity index (χ0v) is 15.0. The molecule has 1 rings (SSSR count). The van der Waals surface area contributed by atoms with E-state index in [1.807, 2.05) is 6.07 Å². The van der Waals surface area contributed by atoms with Crippen LogP contribution < -0.4 is 11.1 Å². The van der Waals surface area contributed by atoms with Gasteiger partial charge in [-0.25, -0.2) is 9.59 Å². The number of nitrogens with one attached hydrogen (secondary N) is 1. The fourth-order valence-electron chi connectivity index (χ4n) is 1.47. The molecule has 0 bridgehead atoms. The molecule has 0 unspecified atom stereocenters. The zero-order chi connectivity index (χ0) is 16.9. The third-order valence-electron chi connectivity index (χ3n) is 2.38. The maximum absolute atomic E-state index is 11.7. The number of carbonyl (C=O) groups excluding carboxylic acids is 1. The molecule has 1 aromatic carbocycles. The number of hydrogen-bond acceptors (Lipinski definition) is 5. The van der Waals surface area contributed by atoms with Gasteiger partial charge in [-0.3, -0.25) is 0 Å². The minimum Gasteiger partial charge on any atom is -0.480 e. The quantitative estimate of drug-likeness (QED) is 0.527. The van der Waals surface area contributed by atoms with Crippen molar-refractivity contribution in [1.82, 2.24) is 5.32 Å². The van der Waals surface area contributed by atoms with E-state index in [0.717, 1.165) is 9.37 Å². The molecule has 0 radical (unpaired) electrons. The first-order valence-corrected chi connectivity index (χ1v) is 8.27. The number of anilines is 1. The topological polar surface area (TPSA) is 102 Å². The van der Waals surface area contributed by atoms with Crippen molar-refractivity contribution in [3.05, 3.63) is 22.7 Å². The molecule has 0 saturated heterocycles. The molecule has 0 spiro atoms. The average molecular weight is 391 g/mol. The van der Waals surface area contributed by atoms with E-state index in [2.05, 4.69) is 21.2 Å². The van der Waals surface area contributed by atoms with Gasteiger partial charge in [0.2, 0.25) is 0 Å². The molecule has 0 aliphatic carbocycles. The first kappa shape index (κ1) is 18.6. The van der Waals surface area contributed by atoms with Crippen LogP contribution in [0.3, 0.4) is 0 Å². The maximum Gasteiger partial charge on any atom is 0.408 e. The number of amides is 1. The minimum absolute atomic E-state index is 0.126. The summed E-state index contributed by atoms with van der Waals surface area (Å²) in [5.41, 5.74) is 5.71. The second-order valence-electron chi connectivity index (χ2n) is 5.51. The lowest BCUT2D eigenvalue weighted by atomic mass is 10.2. The van der Waals surface area contributed by atoms with Crippen molar-refractivity contribution in [2.24, 2.45) is 0 Å². The predicted molar refractivity (Wildman–Crippen MR) is 90.1 cm³/mol. The number of carboxylic acids is 1. The highest BCUT2D eigenvalue weighted by Crippen LogP contribution is 2.33. The Kier molecular flexibility index (Phi) is 6.55. The van der Waals surface area contributed by atoms with Crippen LogP contribution in [0, 0.1) is 0 Å². The predicted octanol–water partition coefficient (Wildman–Crippen LogP) is 3.10. The molecule has 4 N–H and O–H groups in total. The number of alkyl carbamates (subject to hydrolysis) is 1. The fraction of sp³-hybridized carbons (Fsp3) is 0.429. The molecule has 22 heavy (non-hydrogen) atoms. The van der Waals surface area contributed by atoms with Gasteiger partial charge in [-0.2, -0.15) is 0 Å². The average Bonchev–Trinajstić information content (AvgIpc) is 2.34. The fourth-order valence-corrected chi connectivity index (χ4v) is 3.19. The lowest BCUT2D eigenvalue weighted by Crippen LogP contribution is -2.44. The molecule has 122 valence electrons. The molecule has 0 aliphatic heterocycles. The van der Waals surface area contributed by atoms with E-state index in [0.29, 0.717) is 5.69 Å². The molecule has 6 nitrogen and oxygen atoms in total. The lowest BCUT2D eigenvalue weighted by Gasteiger charge is -2.22. The van der Waals surface area contributed by atoms with Gasteiger partial charge in [-0.05, 0) is 48.8 Å². The number of carbonyl (C=O) groups is 2. The van der Waals surface area contributed by atoms with Crippen molar-refractivity contribution < 1.29 is 19.4 Å². The lowest BCUT2D eigenvalue weighted by molar-refractivity contribution is -0.138. The van der Waals surface area contributed by atoms with Crippen LogP contribution in [-0.2, 0) is 9.53 Å². The zero-order valence-electron chi connectivity index (χ0n) is 12.6. The molecular weight excluding hydrogens is 372 g/mol. The van der Waals surface area contributed by atoms with E-state index in [1.54, 1.807) is 32.9 Å². The van der Waals surface area contributed by atoms with Gasteiger partial charge in [-0.1, -0.05) is 6.07 Å². The van der Waals surface area contributed by atoms with Crippen LogP contribution in [-0.4, -0.2) is 34.6 Å². The molecule has 0 fully saturated rings. The van der Waals surface area contributed by atoms with Crippen molar-refractivity contribution in [3.63, 3.8) is 0 Å². The summed E-state index contributed by atoms with van der Waals surface area (Å²) < 4.78 is 5.84. The summed E-state index contributed by atoms with van der Waals surface area (Å²) in [6.45, 7) is 5.12. The number of nitrogens with two attached hydrogens (primary N) is 1. The monoisotopic (exact) mass is 390 g/mol. The number of hydrogen-bond donors (Lipinski definition) is 3. The third kappa shape index (κ3) is 6.15. The SMILES string of the molecule is CC(C)(C)OC(=O)N[C@@H](CSc1c(N)cccc1Br)C(=O)O. The van der Waals surface area contributed by atoms with Crippen molar-refractivity contribution in [2.45, 2.75) is 37.3 Å². The number of benzene rings is 1. The van der Waals surface area contributed by atoms with Crippen LogP contribution >= 0.6 is 27.7 Å². The highest BCUT2D eigenvalue weighted by atomic mass is 79.9. The molecule has 8 heteroatoms. The molecule has 0 saturated carbocycles. The maximum atomic E-state index is 11.7. The summed E-state index contributed by atoms with van der Waals surface area (Å²) in [5, 5.41) is 11.6. The molecule has 0 heterocycles. The van der Waals surface area contributed by atoms with Gasteiger partial charge in [0.25, 0.3) is 0 Å². The summed E-state index contributed by atoms with van der Waals surface area (Å²) in [7, 11) is 0. The van der Waals surface area contributed by atoms with Gasteiger partial charge in [0, 0.05) is 20.8 Å². The van der Waals surface area contributed by atoms with Gasteiger partial charge in [0.05, 0.1) is 0 Å². The van der Waals surface area contributed by atoms with Crippen molar-refractivity contribution in [3.8, 4) is 0 Å². The Morgan fingerprint density at radius 3 is 2.59 bits per heavy atom. The van der Waals surface area contributed by atoms with Crippen LogP contribution in [0.5, 0.6) is 0 Å². The molecule has 0 aliphatic rings. The largest absolute Gasteiger partial charge is 0.480 e. The van der Waals surface area contributed by atoms with Gasteiger partial charge >= 0.3 is 12.1 Å². The number of carboxylic acid groups (broad SMARTS) is 1. The Bertz CT molecular complexity index is 540. The Hall–Kier alpha value is -1.41. The van der Waals surface area contributed by atoms with Crippen molar-refractivity contribution in [2.75, 3.05) is 11.5 Å². The summed E-state index contributed by atoms with van der Waals surface area (Å²) in [4.78, 5) is 23.7. The summed E-state index contributed by atoms with van der Waals surface area (Å²) in [5.74, 6) is -1.01. The molecule has 1 amide bonds. The molecular formula is C14H19BrN2O4S. The number of aliphatic carboxylic acids is 1. The highest BCUT2D eigenvalue weighted by Gasteiger charge is 2.24. The first-order chi connectivity index (χ1) is 10.1. The number of rotatable bonds is 5. The van der Waals surface area contributed by atoms with Crippen LogP contribution in [0.25, 0.3) is 0 Å². The van der Waals surface area contributed by atoms with E-state index >= 15 is 0 Å². The summed E-state index contributed by atoms with van der Waals surface area (Å²) in [6, 6.07) is 4.25. The number of nitrogen functional groups attached to an aromatic ring is 1. The van der Waals surface area contributed by atoms with Crippen LogP contribution in [0.2, 0.25) is 0 Å². The van der Waals surface area contributed by atoms with Crippen LogP contribution in [0.1, 0.15) is 20.8 Å². The van der Waals surface area contributed by atoms with Crippen LogP contribution in [0.4, 0.5) is 10.5 Å². The Balaban J connectivity index is 2.70. The summed E-state index contributed by atoms with van der Waals surface area (Å²) >= 11 is 4.61. The smallest absolute Gasteiger partial charge is 0.408 e. The molecule has 1 atom stereocenters. The van der Waals surface area contributed by atoms with Gasteiger partial charge < -0.3 is 20.9 Å². The Morgan fingerprint density at radius 1 is 1.45 bits per heavy atom. The molecule has 1 aromatic rings. The van der Waals surface area contributed by atoms with E-state index < -0.39 is 23.7 Å². The second-order valence-corrected chi connectivity index (χ2v) is 7.39. The second kappa shape index (κ2) is 7.73. The van der Waals surface area contributed by atoms with Gasteiger partial charge in [0.1, 0.15) is 11.6 Å². The first-order valence-electron chi connectivity index (χ1n) is 6.49. The van der Waals surface area contributed by atoms with E-state index in [-0.39, 0.29) is 5.75 Å². The number of ether oxygens (including phenoxy) is 1. The van der Waals surface area contributed by atoms with Crippen molar-refractivity contribution >= 4 is 45.4 Å². The number of thioether (sulfide) groups is 1. The van der Waals surface area contributed by atoms with Gasteiger partial charge in [-0.15, -0.1) is 11.8 Å². The standard InChI is InChI=1S/C14H19BrN2O4S/c1-14(2,3)21-13(20)17-10(12(18)19)7-22-11-8(15)5-4-6-9(11)16/h4-6,10H,7,16H2,1-3H3,(H,17,20)(H,18,19)/t10-/m0/s1. The Morgan fingerprint density at radius 2 is 2.09 bits per heavy atom. The summed E-state index contributed by atoms with van der Waals surface area (Å²) in [6.07, 6.45) is -0.763. The Labute approximate surface area is 141 Å². The molecule has 0 aromatic heterocycles. The van der Waals surface area contributed by atoms with E-state index in [9.17, 15) is 14.7 Å². The highest BCUT2D eigenvalue weighted by molar-refractivity contribution is 9.10. The third-order valence-corrected chi connectivity index (χ3v) is 4.55. The van der Waals surface area contributed by atoms with Crippen molar-refractivity contribution in [1.29, 1.82) is 0 Å². The normalized spacial score (nSPS) is 12.5.